The molecule has 1 N–H and O–H groups in total. The van der Waals surface area contributed by atoms with Crippen molar-refractivity contribution in [1.29, 1.82) is 0 Å². The Labute approximate surface area is 112 Å². The van der Waals surface area contributed by atoms with Crippen molar-refractivity contribution in [3.05, 3.63) is 22.6 Å². The maximum absolute atomic E-state index is 5.49. The second kappa shape index (κ2) is 4.19. The van der Waals surface area contributed by atoms with Crippen molar-refractivity contribution in [2.24, 2.45) is 11.8 Å². The highest BCUT2D eigenvalue weighted by molar-refractivity contribution is 7.71. The van der Waals surface area contributed by atoms with E-state index in [0.29, 0.717) is 12.0 Å². The van der Waals surface area contributed by atoms with Gasteiger partial charge >= 0.3 is 0 Å². The third kappa shape index (κ3) is 1.70. The molecule has 0 radical (unpaired) electrons. The molecule has 2 heterocycles. The standard InChI is InChI=1S/C14H19N3S/c1-8-6-11-13(15-7-8)17(14(18)16-11)12-5-4-9(2)10(12)3/h6-7,9-10,12H,4-5H2,1-3H3,(H,16,18). The van der Waals surface area contributed by atoms with Gasteiger partial charge in [-0.1, -0.05) is 13.8 Å². The van der Waals surface area contributed by atoms with E-state index in [2.05, 4.69) is 41.4 Å². The maximum Gasteiger partial charge on any atom is 0.179 e. The van der Waals surface area contributed by atoms with Crippen molar-refractivity contribution in [2.75, 3.05) is 0 Å². The fourth-order valence-corrected chi connectivity index (χ4v) is 3.46. The monoisotopic (exact) mass is 261 g/mol. The number of pyridine rings is 1. The summed E-state index contributed by atoms with van der Waals surface area (Å²) in [5.41, 5.74) is 3.24. The van der Waals surface area contributed by atoms with Gasteiger partial charge in [0.1, 0.15) is 0 Å². The summed E-state index contributed by atoms with van der Waals surface area (Å²) >= 11 is 5.49. The molecular weight excluding hydrogens is 242 g/mol. The number of nitrogens with one attached hydrogen (secondary N) is 1. The van der Waals surface area contributed by atoms with Gasteiger partial charge in [-0.2, -0.15) is 0 Å². The number of hydrogen-bond donors (Lipinski definition) is 1. The molecule has 4 heteroatoms. The van der Waals surface area contributed by atoms with Crippen LogP contribution < -0.4 is 0 Å². The van der Waals surface area contributed by atoms with Gasteiger partial charge in [-0.05, 0) is 55.4 Å². The van der Waals surface area contributed by atoms with Gasteiger partial charge in [0.25, 0.3) is 0 Å². The van der Waals surface area contributed by atoms with E-state index in [1.807, 2.05) is 6.20 Å². The lowest BCUT2D eigenvalue weighted by molar-refractivity contribution is 0.355. The topological polar surface area (TPSA) is 33.6 Å². The molecule has 0 spiro atoms. The lowest BCUT2D eigenvalue weighted by Gasteiger charge is -2.20. The Balaban J connectivity index is 2.17. The van der Waals surface area contributed by atoms with Crippen molar-refractivity contribution in [3.8, 4) is 0 Å². The highest BCUT2D eigenvalue weighted by Gasteiger charge is 2.32. The Morgan fingerprint density at radius 1 is 1.39 bits per heavy atom. The number of nitrogens with zero attached hydrogens (tertiary/aromatic N) is 2. The molecule has 3 rings (SSSR count). The molecule has 0 bridgehead atoms. The van der Waals surface area contributed by atoms with Gasteiger partial charge in [0.2, 0.25) is 0 Å². The average Bonchev–Trinajstić information content (AvgIpc) is 2.80. The molecule has 2 aromatic heterocycles. The molecule has 96 valence electrons. The van der Waals surface area contributed by atoms with E-state index in [1.165, 1.54) is 18.4 Å². The molecule has 3 atom stereocenters. The summed E-state index contributed by atoms with van der Waals surface area (Å²) < 4.78 is 3.05. The van der Waals surface area contributed by atoms with Crippen molar-refractivity contribution in [3.63, 3.8) is 0 Å². The third-order valence-electron chi connectivity index (χ3n) is 4.45. The van der Waals surface area contributed by atoms with Crippen LogP contribution in [-0.4, -0.2) is 14.5 Å². The van der Waals surface area contributed by atoms with Crippen LogP contribution in [0.3, 0.4) is 0 Å². The molecule has 3 unspecified atom stereocenters. The van der Waals surface area contributed by atoms with Crippen molar-refractivity contribution in [1.82, 2.24) is 14.5 Å². The smallest absolute Gasteiger partial charge is 0.179 e. The van der Waals surface area contributed by atoms with Gasteiger partial charge in [0.05, 0.1) is 5.52 Å². The second-order valence-corrected chi connectivity index (χ2v) is 6.05. The van der Waals surface area contributed by atoms with E-state index in [9.17, 15) is 0 Å². The van der Waals surface area contributed by atoms with Crippen molar-refractivity contribution in [2.45, 2.75) is 39.7 Å². The summed E-state index contributed by atoms with van der Waals surface area (Å²) in [6.45, 7) is 6.72. The Morgan fingerprint density at radius 3 is 2.83 bits per heavy atom. The number of rotatable bonds is 1. The fourth-order valence-electron chi connectivity index (χ4n) is 3.13. The molecule has 18 heavy (non-hydrogen) atoms. The number of fused-ring (bicyclic) bond motifs is 1. The summed E-state index contributed by atoms with van der Waals surface area (Å²) in [4.78, 5) is 7.87. The number of aromatic nitrogens is 3. The third-order valence-corrected chi connectivity index (χ3v) is 4.74. The minimum atomic E-state index is 0.497. The SMILES string of the molecule is Cc1cnc2c(c1)[nH]c(=S)n2C1CCC(C)C1C. The zero-order valence-corrected chi connectivity index (χ0v) is 11.9. The van der Waals surface area contributed by atoms with E-state index in [1.54, 1.807) is 0 Å². The predicted molar refractivity (Wildman–Crippen MR) is 76.3 cm³/mol. The van der Waals surface area contributed by atoms with Crippen LogP contribution in [0.5, 0.6) is 0 Å². The summed E-state index contributed by atoms with van der Waals surface area (Å²) in [5, 5.41) is 0. The van der Waals surface area contributed by atoms with Gasteiger partial charge in [0.15, 0.2) is 10.4 Å². The maximum atomic E-state index is 5.49. The fraction of sp³-hybridized carbons (Fsp3) is 0.571. The first-order valence-electron chi connectivity index (χ1n) is 6.65. The Kier molecular flexibility index (Phi) is 2.77. The van der Waals surface area contributed by atoms with Gasteiger partial charge < -0.3 is 4.98 Å². The highest BCUT2D eigenvalue weighted by atomic mass is 32.1. The van der Waals surface area contributed by atoms with Crippen molar-refractivity contribution >= 4 is 23.4 Å². The minimum absolute atomic E-state index is 0.497. The molecule has 0 aromatic carbocycles. The summed E-state index contributed by atoms with van der Waals surface area (Å²) in [6, 6.07) is 2.62. The first-order valence-corrected chi connectivity index (χ1v) is 7.05. The molecular formula is C14H19N3S. The zero-order valence-electron chi connectivity index (χ0n) is 11.1. The molecule has 1 fully saturated rings. The molecule has 3 nitrogen and oxygen atoms in total. The first kappa shape index (κ1) is 11.9. The number of H-pyrrole nitrogens is 1. The zero-order chi connectivity index (χ0) is 12.9. The van der Waals surface area contributed by atoms with Gasteiger partial charge in [0, 0.05) is 12.2 Å². The average molecular weight is 261 g/mol. The predicted octanol–water partition coefficient (Wildman–Crippen LogP) is 4.01. The van der Waals surface area contributed by atoms with E-state index >= 15 is 0 Å². The van der Waals surface area contributed by atoms with Gasteiger partial charge in [-0.3, -0.25) is 4.57 Å². The Hall–Kier alpha value is -1.16. The molecule has 0 amide bonds. The van der Waals surface area contributed by atoms with Crippen LogP contribution in [0, 0.1) is 23.5 Å². The van der Waals surface area contributed by atoms with Crippen LogP contribution in [0.2, 0.25) is 0 Å². The number of hydrogen-bond acceptors (Lipinski definition) is 2. The van der Waals surface area contributed by atoms with Gasteiger partial charge in [-0.25, -0.2) is 4.98 Å². The number of imidazole rings is 1. The number of aromatic amines is 1. The molecule has 0 aliphatic heterocycles. The van der Waals surface area contributed by atoms with Gasteiger partial charge in [-0.15, -0.1) is 0 Å². The number of aryl methyl sites for hydroxylation is 1. The second-order valence-electron chi connectivity index (χ2n) is 5.67. The molecule has 0 saturated heterocycles. The quantitative estimate of drug-likeness (QED) is 0.787. The largest absolute Gasteiger partial charge is 0.329 e. The van der Waals surface area contributed by atoms with E-state index in [0.717, 1.165) is 21.9 Å². The summed E-state index contributed by atoms with van der Waals surface area (Å²) in [7, 11) is 0. The van der Waals surface area contributed by atoms with E-state index in [-0.39, 0.29) is 0 Å². The Morgan fingerprint density at radius 2 is 2.17 bits per heavy atom. The lowest BCUT2D eigenvalue weighted by Crippen LogP contribution is -2.15. The normalized spacial score (nSPS) is 28.1. The van der Waals surface area contributed by atoms with E-state index in [4.69, 9.17) is 12.2 Å². The highest BCUT2D eigenvalue weighted by Crippen LogP contribution is 2.41. The first-order chi connectivity index (χ1) is 8.58. The molecule has 1 aliphatic carbocycles. The van der Waals surface area contributed by atoms with Crippen LogP contribution in [-0.2, 0) is 0 Å². The molecule has 1 saturated carbocycles. The van der Waals surface area contributed by atoms with Crippen molar-refractivity contribution < 1.29 is 0 Å². The van der Waals surface area contributed by atoms with Crippen LogP contribution in [0.1, 0.15) is 38.3 Å². The Bertz CT molecular complexity index is 640. The minimum Gasteiger partial charge on any atom is -0.329 e. The van der Waals surface area contributed by atoms with Crippen LogP contribution in [0.4, 0.5) is 0 Å². The summed E-state index contributed by atoms with van der Waals surface area (Å²) in [5.74, 6) is 1.44. The van der Waals surface area contributed by atoms with E-state index < -0.39 is 0 Å². The lowest BCUT2D eigenvalue weighted by atomic mass is 9.98. The van der Waals surface area contributed by atoms with Crippen LogP contribution in [0.25, 0.3) is 11.2 Å². The molecule has 1 aliphatic rings. The van der Waals surface area contributed by atoms with Crippen LogP contribution in [0.15, 0.2) is 12.3 Å². The molecule has 2 aromatic rings. The van der Waals surface area contributed by atoms with Crippen LogP contribution >= 0.6 is 12.2 Å². The summed E-state index contributed by atoms with van der Waals surface area (Å²) in [6.07, 6.45) is 4.41.